The molecule has 2 rings (SSSR count). The smallest absolute Gasteiger partial charge is 0.218 e. The lowest BCUT2D eigenvalue weighted by molar-refractivity contribution is 0.378. The van der Waals surface area contributed by atoms with Gasteiger partial charge in [0.1, 0.15) is 0 Å². The first-order valence-corrected chi connectivity index (χ1v) is 10.1. The molecular formula is C11H22N2O4S2. The molecule has 0 aromatic heterocycles. The Kier molecular flexibility index (Phi) is 4.54. The van der Waals surface area contributed by atoms with Crippen LogP contribution in [0.25, 0.3) is 0 Å². The van der Waals surface area contributed by atoms with Crippen molar-refractivity contribution in [2.24, 2.45) is 0 Å². The minimum atomic E-state index is -3.50. The lowest BCUT2D eigenvalue weighted by Gasteiger charge is -2.26. The highest BCUT2D eigenvalue weighted by atomic mass is 32.2. The molecule has 8 heteroatoms. The number of nitrogens with zero attached hydrogens (tertiary/aromatic N) is 1. The van der Waals surface area contributed by atoms with E-state index in [1.165, 1.54) is 4.31 Å². The van der Waals surface area contributed by atoms with E-state index in [-0.39, 0.29) is 24.0 Å². The molecule has 2 aliphatic rings. The third-order valence-corrected chi connectivity index (χ3v) is 8.26. The highest BCUT2D eigenvalue weighted by Crippen LogP contribution is 2.23. The van der Waals surface area contributed by atoms with Crippen molar-refractivity contribution >= 4 is 19.9 Å². The second-order valence-corrected chi connectivity index (χ2v) is 9.76. The minimum Gasteiger partial charge on any atom is -0.313 e. The van der Waals surface area contributed by atoms with Gasteiger partial charge in [-0.3, -0.25) is 0 Å². The predicted octanol–water partition coefficient (Wildman–Crippen LogP) is -0.423. The highest BCUT2D eigenvalue weighted by Gasteiger charge is 2.40. The van der Waals surface area contributed by atoms with Gasteiger partial charge in [0.2, 0.25) is 10.0 Å². The van der Waals surface area contributed by atoms with Gasteiger partial charge in [-0.05, 0) is 25.8 Å². The van der Waals surface area contributed by atoms with Crippen LogP contribution in [-0.2, 0) is 19.9 Å². The fourth-order valence-electron chi connectivity index (χ4n) is 2.78. The van der Waals surface area contributed by atoms with E-state index in [2.05, 4.69) is 5.32 Å². The number of sulfonamides is 1. The van der Waals surface area contributed by atoms with Crippen LogP contribution >= 0.6 is 0 Å². The molecule has 0 saturated carbocycles. The van der Waals surface area contributed by atoms with Crippen LogP contribution in [0.4, 0.5) is 0 Å². The first-order valence-electron chi connectivity index (χ1n) is 6.78. The van der Waals surface area contributed by atoms with Gasteiger partial charge >= 0.3 is 0 Å². The van der Waals surface area contributed by atoms with E-state index in [9.17, 15) is 16.8 Å². The molecule has 112 valence electrons. The van der Waals surface area contributed by atoms with Crippen molar-refractivity contribution in [2.75, 3.05) is 31.1 Å². The van der Waals surface area contributed by atoms with E-state index >= 15 is 0 Å². The van der Waals surface area contributed by atoms with Crippen molar-refractivity contribution in [3.63, 3.8) is 0 Å². The molecule has 1 N–H and O–H groups in total. The van der Waals surface area contributed by atoms with Crippen LogP contribution in [0.1, 0.15) is 26.2 Å². The van der Waals surface area contributed by atoms with E-state index in [1.807, 2.05) is 0 Å². The molecule has 0 spiro atoms. The molecule has 2 saturated heterocycles. The van der Waals surface area contributed by atoms with Gasteiger partial charge in [-0.15, -0.1) is 0 Å². The predicted molar refractivity (Wildman–Crippen MR) is 74.3 cm³/mol. The average Bonchev–Trinajstić information content (AvgIpc) is 2.95. The van der Waals surface area contributed by atoms with E-state index in [4.69, 9.17) is 0 Å². The van der Waals surface area contributed by atoms with Crippen LogP contribution in [0, 0.1) is 0 Å². The van der Waals surface area contributed by atoms with Gasteiger partial charge in [-0.2, -0.15) is 0 Å². The molecule has 2 aliphatic heterocycles. The number of likely N-dealkylation sites (N-methyl/N-ethyl adjacent to an activating group) is 1. The van der Waals surface area contributed by atoms with Gasteiger partial charge in [0, 0.05) is 19.1 Å². The molecule has 0 amide bonds. The van der Waals surface area contributed by atoms with Crippen molar-refractivity contribution in [3.05, 3.63) is 0 Å². The lowest BCUT2D eigenvalue weighted by atomic mass is 10.2. The van der Waals surface area contributed by atoms with Gasteiger partial charge < -0.3 is 5.32 Å². The van der Waals surface area contributed by atoms with Gasteiger partial charge in [0.25, 0.3) is 0 Å². The van der Waals surface area contributed by atoms with Gasteiger partial charge in [-0.1, -0.05) is 6.92 Å². The Hall–Kier alpha value is -0.180. The summed E-state index contributed by atoms with van der Waals surface area (Å²) in [5.74, 6) is -0.222. The minimum absolute atomic E-state index is 0.00384. The molecule has 2 unspecified atom stereocenters. The molecular weight excluding hydrogens is 288 g/mol. The standard InChI is InChI=1S/C11H22N2O4S2/c1-2-13(8-10-4-3-6-12-10)19(16,17)11-5-7-18(14,15)9-11/h10-12H,2-9H2,1H3. The van der Waals surface area contributed by atoms with Crippen molar-refractivity contribution in [2.45, 2.75) is 37.5 Å². The number of nitrogens with one attached hydrogen (secondary N) is 1. The summed E-state index contributed by atoms with van der Waals surface area (Å²) in [5, 5.41) is 2.52. The van der Waals surface area contributed by atoms with E-state index in [0.717, 1.165) is 19.4 Å². The van der Waals surface area contributed by atoms with Crippen LogP contribution in [0.2, 0.25) is 0 Å². The summed E-state index contributed by atoms with van der Waals surface area (Å²) in [6.45, 7) is 3.59. The zero-order chi connectivity index (χ0) is 14.1. The molecule has 19 heavy (non-hydrogen) atoms. The molecule has 0 aromatic rings. The Bertz CT molecular complexity index is 509. The second-order valence-electron chi connectivity index (χ2n) is 5.31. The summed E-state index contributed by atoms with van der Waals surface area (Å²) in [5.41, 5.74) is 0. The summed E-state index contributed by atoms with van der Waals surface area (Å²) in [4.78, 5) is 0. The number of sulfone groups is 1. The molecule has 0 bridgehead atoms. The van der Waals surface area contributed by atoms with Crippen LogP contribution in [0.15, 0.2) is 0 Å². The Morgan fingerprint density at radius 3 is 2.53 bits per heavy atom. The van der Waals surface area contributed by atoms with E-state index in [0.29, 0.717) is 13.1 Å². The van der Waals surface area contributed by atoms with Crippen molar-refractivity contribution in [3.8, 4) is 0 Å². The molecule has 2 heterocycles. The number of hydrogen-bond donors (Lipinski definition) is 1. The summed E-state index contributed by atoms with van der Waals surface area (Å²) in [6, 6.07) is 0.202. The molecule has 6 nitrogen and oxygen atoms in total. The number of rotatable bonds is 5. The summed E-state index contributed by atoms with van der Waals surface area (Å²) in [6.07, 6.45) is 2.29. The monoisotopic (exact) mass is 310 g/mol. The topological polar surface area (TPSA) is 83.6 Å². The third-order valence-electron chi connectivity index (χ3n) is 3.91. The Morgan fingerprint density at radius 2 is 2.05 bits per heavy atom. The van der Waals surface area contributed by atoms with Gasteiger partial charge in [0.05, 0.1) is 16.8 Å². The van der Waals surface area contributed by atoms with Crippen LogP contribution in [0.3, 0.4) is 0 Å². The largest absolute Gasteiger partial charge is 0.313 e. The van der Waals surface area contributed by atoms with Crippen molar-refractivity contribution in [1.82, 2.24) is 9.62 Å². The average molecular weight is 310 g/mol. The van der Waals surface area contributed by atoms with Crippen molar-refractivity contribution in [1.29, 1.82) is 0 Å². The normalized spacial score (nSPS) is 31.1. The van der Waals surface area contributed by atoms with Crippen molar-refractivity contribution < 1.29 is 16.8 Å². The first kappa shape index (κ1) is 15.2. The summed E-state index contributed by atoms with van der Waals surface area (Å²) in [7, 11) is -6.66. The van der Waals surface area contributed by atoms with Gasteiger partial charge in [-0.25, -0.2) is 21.1 Å². The highest BCUT2D eigenvalue weighted by molar-refractivity contribution is 7.95. The zero-order valence-electron chi connectivity index (χ0n) is 11.2. The quantitative estimate of drug-likeness (QED) is 0.745. The fraction of sp³-hybridized carbons (Fsp3) is 1.00. The lowest BCUT2D eigenvalue weighted by Crippen LogP contribution is -2.45. The van der Waals surface area contributed by atoms with E-state index < -0.39 is 25.1 Å². The maximum absolute atomic E-state index is 12.5. The summed E-state index contributed by atoms with van der Waals surface area (Å²) >= 11 is 0. The van der Waals surface area contributed by atoms with Crippen LogP contribution in [0.5, 0.6) is 0 Å². The zero-order valence-corrected chi connectivity index (χ0v) is 12.8. The fourth-order valence-corrected chi connectivity index (χ4v) is 7.37. The Balaban J connectivity index is 2.07. The summed E-state index contributed by atoms with van der Waals surface area (Å²) < 4.78 is 49.3. The van der Waals surface area contributed by atoms with Gasteiger partial charge in [0.15, 0.2) is 9.84 Å². The van der Waals surface area contributed by atoms with E-state index in [1.54, 1.807) is 6.92 Å². The molecule has 2 atom stereocenters. The first-order chi connectivity index (χ1) is 8.85. The maximum Gasteiger partial charge on any atom is 0.218 e. The molecule has 0 aliphatic carbocycles. The number of hydrogen-bond acceptors (Lipinski definition) is 5. The van der Waals surface area contributed by atoms with Crippen LogP contribution in [-0.4, -0.2) is 63.6 Å². The molecule has 0 aromatic carbocycles. The maximum atomic E-state index is 12.5. The second kappa shape index (κ2) is 5.67. The Morgan fingerprint density at radius 1 is 1.32 bits per heavy atom. The van der Waals surface area contributed by atoms with Crippen LogP contribution < -0.4 is 5.32 Å². The molecule has 0 radical (unpaired) electrons. The third kappa shape index (κ3) is 3.48. The molecule has 2 fully saturated rings. The SMILES string of the molecule is CCN(CC1CCCN1)S(=O)(=O)C1CCS(=O)(=O)C1. The Labute approximate surface area is 115 Å².